The largest absolute Gasteiger partial charge is 0.396 e. The highest BCUT2D eigenvalue weighted by molar-refractivity contribution is 6.35. The monoisotopic (exact) mass is 455 g/mol. The van der Waals surface area contributed by atoms with E-state index in [0.717, 1.165) is 17.7 Å². The Bertz CT molecular complexity index is 1100. The number of carbonyl (C=O) groups excluding carboxylic acids is 2. The zero-order chi connectivity index (χ0) is 22.8. The number of hydrogen-bond donors (Lipinski definition) is 1. The van der Waals surface area contributed by atoms with Crippen molar-refractivity contribution in [2.24, 2.45) is 5.92 Å². The van der Waals surface area contributed by atoms with E-state index in [2.05, 4.69) is 0 Å². The smallest absolute Gasteiger partial charge is 0.278 e. The number of nitrogens with zero attached hydrogens (tertiary/aromatic N) is 3. The molecule has 0 spiro atoms. The third kappa shape index (κ3) is 4.11. The number of piperidine rings is 1. The maximum absolute atomic E-state index is 13.5. The van der Waals surface area contributed by atoms with Crippen LogP contribution in [0, 0.1) is 16.0 Å². The summed E-state index contributed by atoms with van der Waals surface area (Å²) in [6, 6.07) is 12.6. The number of likely N-dealkylation sites (tertiary alicyclic amines) is 1. The molecule has 9 heteroatoms. The average Bonchev–Trinajstić information content (AvgIpc) is 3.05. The first-order valence-corrected chi connectivity index (χ1v) is 10.7. The lowest BCUT2D eigenvalue weighted by molar-refractivity contribution is -0.384. The molecule has 0 aliphatic carbocycles. The average molecular weight is 456 g/mol. The third-order valence-corrected chi connectivity index (χ3v) is 6.26. The van der Waals surface area contributed by atoms with Gasteiger partial charge in [-0.25, -0.2) is 0 Å². The summed E-state index contributed by atoms with van der Waals surface area (Å²) in [5.74, 6) is -0.887. The van der Waals surface area contributed by atoms with E-state index in [4.69, 9.17) is 11.6 Å². The van der Waals surface area contributed by atoms with Gasteiger partial charge >= 0.3 is 0 Å². The molecule has 32 heavy (non-hydrogen) atoms. The SMILES string of the molecule is O=C1C(c2ccc([N+](=O)[O-])cc2)=C(N2CCCC(CO)C2)C(=O)N1Cc1ccccc1Cl. The molecule has 0 bridgehead atoms. The predicted molar refractivity (Wildman–Crippen MR) is 118 cm³/mol. The van der Waals surface area contributed by atoms with Gasteiger partial charge in [-0.1, -0.05) is 29.8 Å². The van der Waals surface area contributed by atoms with Crippen molar-refractivity contribution in [3.63, 3.8) is 0 Å². The van der Waals surface area contributed by atoms with Gasteiger partial charge in [0.15, 0.2) is 0 Å². The Morgan fingerprint density at radius 1 is 1.09 bits per heavy atom. The van der Waals surface area contributed by atoms with Gasteiger partial charge in [0.2, 0.25) is 0 Å². The molecule has 2 aliphatic rings. The number of halogens is 1. The Kier molecular flexibility index (Phi) is 6.25. The van der Waals surface area contributed by atoms with Crippen LogP contribution >= 0.6 is 11.6 Å². The van der Waals surface area contributed by atoms with Crippen molar-refractivity contribution in [2.45, 2.75) is 19.4 Å². The standard InChI is InChI=1S/C23H22ClN3O5/c24-19-6-2-1-5-17(19)13-26-22(29)20(16-7-9-18(10-8-16)27(31)32)21(23(26)30)25-11-3-4-15(12-25)14-28/h1-2,5-10,15,28H,3-4,11-14H2. The normalized spacial score (nSPS) is 19.1. The fraction of sp³-hybridized carbons (Fsp3) is 0.304. The fourth-order valence-electron chi connectivity index (χ4n) is 4.22. The summed E-state index contributed by atoms with van der Waals surface area (Å²) in [4.78, 5) is 40.5. The van der Waals surface area contributed by atoms with Crippen LogP contribution < -0.4 is 0 Å². The summed E-state index contributed by atoms with van der Waals surface area (Å²) in [5.41, 5.74) is 1.48. The van der Waals surface area contributed by atoms with E-state index in [-0.39, 0.29) is 36.0 Å². The number of aliphatic hydroxyl groups is 1. The Labute approximate surface area is 189 Å². The molecule has 2 heterocycles. The van der Waals surface area contributed by atoms with E-state index >= 15 is 0 Å². The molecule has 4 rings (SSSR count). The molecule has 1 atom stereocenters. The Hall–Kier alpha value is -3.23. The summed E-state index contributed by atoms with van der Waals surface area (Å²) >= 11 is 6.26. The lowest BCUT2D eigenvalue weighted by atomic mass is 9.97. The molecule has 2 aromatic carbocycles. The van der Waals surface area contributed by atoms with E-state index in [1.807, 2.05) is 4.90 Å². The van der Waals surface area contributed by atoms with Crippen LogP contribution in [0.1, 0.15) is 24.0 Å². The Balaban J connectivity index is 1.75. The minimum absolute atomic E-state index is 0.00210. The van der Waals surface area contributed by atoms with Gasteiger partial charge in [0.05, 0.1) is 17.0 Å². The van der Waals surface area contributed by atoms with Gasteiger partial charge < -0.3 is 10.0 Å². The van der Waals surface area contributed by atoms with Gasteiger partial charge in [-0.05, 0) is 48.1 Å². The van der Waals surface area contributed by atoms with Crippen molar-refractivity contribution < 1.29 is 19.6 Å². The molecule has 2 aliphatic heterocycles. The molecule has 1 unspecified atom stereocenters. The first-order chi connectivity index (χ1) is 15.4. The second-order valence-corrected chi connectivity index (χ2v) is 8.36. The van der Waals surface area contributed by atoms with Crippen LogP contribution in [0.2, 0.25) is 5.02 Å². The molecule has 1 saturated heterocycles. The molecular weight excluding hydrogens is 434 g/mol. The van der Waals surface area contributed by atoms with Crippen LogP contribution in [0.4, 0.5) is 5.69 Å². The zero-order valence-corrected chi connectivity index (χ0v) is 18.0. The molecule has 1 fully saturated rings. The summed E-state index contributed by atoms with van der Waals surface area (Å²) in [5, 5.41) is 21.1. The summed E-state index contributed by atoms with van der Waals surface area (Å²) in [7, 11) is 0. The lowest BCUT2D eigenvalue weighted by Crippen LogP contribution is -2.40. The van der Waals surface area contributed by atoms with E-state index in [9.17, 15) is 24.8 Å². The fourth-order valence-corrected chi connectivity index (χ4v) is 4.42. The van der Waals surface area contributed by atoms with Crippen molar-refractivity contribution in [2.75, 3.05) is 19.7 Å². The Morgan fingerprint density at radius 2 is 1.81 bits per heavy atom. The zero-order valence-electron chi connectivity index (χ0n) is 17.2. The number of nitro benzene ring substituents is 1. The predicted octanol–water partition coefficient (Wildman–Crippen LogP) is 3.23. The first-order valence-electron chi connectivity index (χ1n) is 10.3. The van der Waals surface area contributed by atoms with Gasteiger partial charge in [0.25, 0.3) is 17.5 Å². The van der Waals surface area contributed by atoms with E-state index in [0.29, 0.717) is 29.2 Å². The highest BCUT2D eigenvalue weighted by atomic mass is 35.5. The minimum Gasteiger partial charge on any atom is -0.396 e. The van der Waals surface area contributed by atoms with Crippen LogP contribution in [-0.4, -0.2) is 51.3 Å². The van der Waals surface area contributed by atoms with Gasteiger partial charge in [0.1, 0.15) is 5.70 Å². The van der Waals surface area contributed by atoms with Crippen molar-refractivity contribution >= 4 is 34.7 Å². The van der Waals surface area contributed by atoms with Gasteiger partial charge in [-0.15, -0.1) is 0 Å². The van der Waals surface area contributed by atoms with E-state index in [1.54, 1.807) is 24.3 Å². The molecule has 2 aromatic rings. The number of amides is 2. The van der Waals surface area contributed by atoms with Crippen LogP contribution in [0.25, 0.3) is 5.57 Å². The Morgan fingerprint density at radius 3 is 2.47 bits per heavy atom. The number of nitro groups is 1. The first kappa shape index (κ1) is 22.0. The van der Waals surface area contributed by atoms with E-state index in [1.165, 1.54) is 24.3 Å². The highest BCUT2D eigenvalue weighted by Gasteiger charge is 2.42. The van der Waals surface area contributed by atoms with Crippen molar-refractivity contribution in [1.29, 1.82) is 0 Å². The summed E-state index contributed by atoms with van der Waals surface area (Å²) in [6.45, 7) is 1.07. The molecule has 0 saturated carbocycles. The summed E-state index contributed by atoms with van der Waals surface area (Å²) in [6.07, 6.45) is 1.63. The highest BCUT2D eigenvalue weighted by Crippen LogP contribution is 2.35. The van der Waals surface area contributed by atoms with Crippen molar-refractivity contribution in [3.05, 3.63) is 80.5 Å². The molecule has 166 valence electrons. The maximum atomic E-state index is 13.5. The number of hydrogen-bond acceptors (Lipinski definition) is 6. The second-order valence-electron chi connectivity index (χ2n) is 7.95. The number of benzene rings is 2. The molecule has 0 aromatic heterocycles. The third-order valence-electron chi connectivity index (χ3n) is 5.89. The quantitative estimate of drug-likeness (QED) is 0.407. The van der Waals surface area contributed by atoms with Crippen LogP contribution in [-0.2, 0) is 16.1 Å². The molecule has 2 amide bonds. The lowest BCUT2D eigenvalue weighted by Gasteiger charge is -2.34. The van der Waals surface area contributed by atoms with Crippen LogP contribution in [0.5, 0.6) is 0 Å². The topological polar surface area (TPSA) is 104 Å². The molecular formula is C23H22ClN3O5. The second kappa shape index (κ2) is 9.10. The number of rotatable bonds is 6. The van der Waals surface area contributed by atoms with Gasteiger partial charge in [-0.3, -0.25) is 24.6 Å². The van der Waals surface area contributed by atoms with Gasteiger partial charge in [0, 0.05) is 36.9 Å². The number of carbonyl (C=O) groups is 2. The number of aliphatic hydroxyl groups excluding tert-OH is 1. The van der Waals surface area contributed by atoms with Crippen LogP contribution in [0.3, 0.4) is 0 Å². The molecule has 0 radical (unpaired) electrons. The minimum atomic E-state index is -0.513. The van der Waals surface area contributed by atoms with Crippen molar-refractivity contribution in [3.8, 4) is 0 Å². The molecule has 8 nitrogen and oxygen atoms in total. The number of imide groups is 1. The van der Waals surface area contributed by atoms with E-state index < -0.39 is 16.7 Å². The maximum Gasteiger partial charge on any atom is 0.278 e. The van der Waals surface area contributed by atoms with Gasteiger partial charge in [-0.2, -0.15) is 0 Å². The van der Waals surface area contributed by atoms with Crippen molar-refractivity contribution in [1.82, 2.24) is 9.80 Å². The summed E-state index contributed by atoms with van der Waals surface area (Å²) < 4.78 is 0. The molecule has 1 N–H and O–H groups in total. The number of non-ortho nitro benzene ring substituents is 1. The van der Waals surface area contributed by atoms with Crippen LogP contribution in [0.15, 0.2) is 54.2 Å².